The average Bonchev–Trinajstić information content (AvgIpc) is 2.76. The predicted molar refractivity (Wildman–Crippen MR) is 111 cm³/mol. The van der Waals surface area contributed by atoms with Crippen LogP contribution in [0.4, 0.5) is 4.79 Å². The summed E-state index contributed by atoms with van der Waals surface area (Å²) < 4.78 is 21.3. The first-order valence-corrected chi connectivity index (χ1v) is 9.74. The van der Waals surface area contributed by atoms with Crippen molar-refractivity contribution in [1.82, 2.24) is 15.5 Å². The van der Waals surface area contributed by atoms with Crippen LogP contribution < -0.4 is 24.8 Å². The molecule has 0 spiro atoms. The van der Waals surface area contributed by atoms with E-state index in [0.29, 0.717) is 49.4 Å². The number of carbonyl (C=O) groups excluding carboxylic acids is 1. The van der Waals surface area contributed by atoms with E-state index in [1.165, 1.54) is 0 Å². The van der Waals surface area contributed by atoms with Gasteiger partial charge in [-0.3, -0.25) is 4.99 Å². The van der Waals surface area contributed by atoms with Crippen LogP contribution in [0.2, 0.25) is 0 Å². The molecular formula is C20H32N4O5. The highest BCUT2D eigenvalue weighted by atomic mass is 16.6. The molecule has 1 aliphatic heterocycles. The van der Waals surface area contributed by atoms with Crippen molar-refractivity contribution in [3.63, 3.8) is 0 Å². The van der Waals surface area contributed by atoms with Gasteiger partial charge in [0.1, 0.15) is 0 Å². The van der Waals surface area contributed by atoms with Crippen LogP contribution in [0.5, 0.6) is 17.2 Å². The van der Waals surface area contributed by atoms with Crippen molar-refractivity contribution in [2.24, 2.45) is 4.99 Å². The van der Waals surface area contributed by atoms with Crippen molar-refractivity contribution >= 4 is 12.1 Å². The number of carbonyl (C=O) groups is 1. The Morgan fingerprint density at radius 1 is 1.14 bits per heavy atom. The Bertz CT molecular complexity index is 702. The summed E-state index contributed by atoms with van der Waals surface area (Å²) in [6, 6.07) is 4.01. The highest BCUT2D eigenvalue weighted by Gasteiger charge is 2.24. The normalized spacial score (nSPS) is 14.9. The Morgan fingerprint density at radius 3 is 2.38 bits per heavy atom. The van der Waals surface area contributed by atoms with Gasteiger partial charge < -0.3 is 34.5 Å². The molecule has 0 aliphatic carbocycles. The number of guanidine groups is 1. The standard InChI is InChI=1S/C20H32N4O5/c1-6-29-20(25)24-11-9-15(10-12-24)23-19(21-2)22-13-14-7-8-16(26-3)18(28-5)17(14)27-4/h7-8,15H,6,9-13H2,1-5H3,(H2,21,22,23). The van der Waals surface area contributed by atoms with Gasteiger partial charge in [0.2, 0.25) is 5.75 Å². The molecule has 1 saturated heterocycles. The Kier molecular flexibility index (Phi) is 8.69. The number of nitrogens with zero attached hydrogens (tertiary/aromatic N) is 2. The Morgan fingerprint density at radius 2 is 1.83 bits per heavy atom. The molecule has 1 amide bonds. The molecule has 29 heavy (non-hydrogen) atoms. The van der Waals surface area contributed by atoms with Crippen LogP contribution in [-0.4, -0.2) is 71.1 Å². The molecule has 1 fully saturated rings. The molecular weight excluding hydrogens is 376 g/mol. The SMILES string of the molecule is CCOC(=O)N1CCC(NC(=NC)NCc2ccc(OC)c(OC)c2OC)CC1. The predicted octanol–water partition coefficient (Wildman–Crippen LogP) is 2.00. The summed E-state index contributed by atoms with van der Waals surface area (Å²) in [6.45, 7) is 4.04. The fraction of sp³-hybridized carbons (Fsp3) is 0.600. The number of methoxy groups -OCH3 is 3. The maximum absolute atomic E-state index is 11.8. The zero-order valence-electron chi connectivity index (χ0n) is 17.9. The number of ether oxygens (including phenoxy) is 4. The molecule has 2 rings (SSSR count). The topological polar surface area (TPSA) is 93.7 Å². The molecule has 0 saturated carbocycles. The van der Waals surface area contributed by atoms with Crippen molar-refractivity contribution in [3.8, 4) is 17.2 Å². The van der Waals surface area contributed by atoms with Gasteiger partial charge in [0.15, 0.2) is 17.5 Å². The smallest absolute Gasteiger partial charge is 0.409 e. The minimum absolute atomic E-state index is 0.235. The number of piperidine rings is 1. The average molecular weight is 408 g/mol. The van der Waals surface area contributed by atoms with Gasteiger partial charge in [-0.05, 0) is 31.9 Å². The summed E-state index contributed by atoms with van der Waals surface area (Å²) in [5.74, 6) is 2.49. The zero-order chi connectivity index (χ0) is 21.2. The van der Waals surface area contributed by atoms with Crippen molar-refractivity contribution in [3.05, 3.63) is 17.7 Å². The van der Waals surface area contributed by atoms with E-state index in [0.717, 1.165) is 18.4 Å². The molecule has 0 unspecified atom stereocenters. The summed E-state index contributed by atoms with van der Waals surface area (Å²) in [7, 11) is 6.51. The highest BCUT2D eigenvalue weighted by molar-refractivity contribution is 5.80. The number of amides is 1. The van der Waals surface area contributed by atoms with Gasteiger partial charge in [0, 0.05) is 38.3 Å². The number of nitrogens with one attached hydrogen (secondary N) is 2. The van der Waals surface area contributed by atoms with E-state index in [1.807, 2.05) is 19.1 Å². The third kappa shape index (κ3) is 5.82. The fourth-order valence-corrected chi connectivity index (χ4v) is 3.29. The summed E-state index contributed by atoms with van der Waals surface area (Å²) in [4.78, 5) is 17.9. The van der Waals surface area contributed by atoms with E-state index in [2.05, 4.69) is 15.6 Å². The first-order valence-electron chi connectivity index (χ1n) is 9.74. The lowest BCUT2D eigenvalue weighted by Gasteiger charge is -2.32. The van der Waals surface area contributed by atoms with Crippen molar-refractivity contribution < 1.29 is 23.7 Å². The van der Waals surface area contributed by atoms with Crippen LogP contribution in [0, 0.1) is 0 Å². The molecule has 9 heteroatoms. The maximum Gasteiger partial charge on any atom is 0.409 e. The molecule has 1 heterocycles. The number of aliphatic imine (C=N–C) groups is 1. The number of hydrogen-bond acceptors (Lipinski definition) is 6. The fourth-order valence-electron chi connectivity index (χ4n) is 3.29. The van der Waals surface area contributed by atoms with Crippen molar-refractivity contribution in [2.75, 3.05) is 48.1 Å². The second-order valence-corrected chi connectivity index (χ2v) is 6.52. The third-order valence-electron chi connectivity index (χ3n) is 4.82. The first kappa shape index (κ1) is 22.4. The molecule has 0 radical (unpaired) electrons. The molecule has 1 aromatic rings. The highest BCUT2D eigenvalue weighted by Crippen LogP contribution is 2.39. The largest absolute Gasteiger partial charge is 0.493 e. The lowest BCUT2D eigenvalue weighted by Crippen LogP contribution is -2.49. The Labute approximate surface area is 172 Å². The van der Waals surface area contributed by atoms with Crippen LogP contribution in [0.25, 0.3) is 0 Å². The van der Waals surface area contributed by atoms with Gasteiger partial charge >= 0.3 is 6.09 Å². The van der Waals surface area contributed by atoms with E-state index < -0.39 is 0 Å². The zero-order valence-corrected chi connectivity index (χ0v) is 17.9. The number of likely N-dealkylation sites (tertiary alicyclic amines) is 1. The number of benzene rings is 1. The number of hydrogen-bond donors (Lipinski definition) is 2. The van der Waals surface area contributed by atoms with Crippen LogP contribution in [0.3, 0.4) is 0 Å². The summed E-state index contributed by atoms with van der Waals surface area (Å²) in [5, 5.41) is 6.73. The first-order chi connectivity index (χ1) is 14.1. The van der Waals surface area contributed by atoms with Gasteiger partial charge in [0.05, 0.1) is 27.9 Å². The van der Waals surface area contributed by atoms with E-state index >= 15 is 0 Å². The lowest BCUT2D eigenvalue weighted by atomic mass is 10.1. The molecule has 0 bridgehead atoms. The number of rotatable bonds is 7. The van der Waals surface area contributed by atoms with Crippen LogP contribution in [-0.2, 0) is 11.3 Å². The van der Waals surface area contributed by atoms with Gasteiger partial charge in [-0.25, -0.2) is 4.79 Å². The van der Waals surface area contributed by atoms with Gasteiger partial charge in [0.25, 0.3) is 0 Å². The molecule has 1 aromatic carbocycles. The summed E-state index contributed by atoms with van der Waals surface area (Å²) in [6.07, 6.45) is 1.42. The van der Waals surface area contributed by atoms with E-state index in [-0.39, 0.29) is 12.1 Å². The van der Waals surface area contributed by atoms with Gasteiger partial charge in [-0.15, -0.1) is 0 Å². The van der Waals surface area contributed by atoms with Crippen molar-refractivity contribution in [1.29, 1.82) is 0 Å². The van der Waals surface area contributed by atoms with Crippen LogP contribution in [0.15, 0.2) is 17.1 Å². The minimum Gasteiger partial charge on any atom is -0.493 e. The lowest BCUT2D eigenvalue weighted by molar-refractivity contribution is 0.0963. The van der Waals surface area contributed by atoms with E-state index in [4.69, 9.17) is 18.9 Å². The molecule has 0 aromatic heterocycles. The molecule has 2 N–H and O–H groups in total. The molecule has 0 atom stereocenters. The monoisotopic (exact) mass is 408 g/mol. The summed E-state index contributed by atoms with van der Waals surface area (Å²) >= 11 is 0. The minimum atomic E-state index is -0.242. The second-order valence-electron chi connectivity index (χ2n) is 6.52. The second kappa shape index (κ2) is 11.2. The van der Waals surface area contributed by atoms with E-state index in [1.54, 1.807) is 33.3 Å². The van der Waals surface area contributed by atoms with E-state index in [9.17, 15) is 4.79 Å². The Balaban J connectivity index is 1.93. The quantitative estimate of drug-likeness (QED) is 0.526. The third-order valence-corrected chi connectivity index (χ3v) is 4.82. The van der Waals surface area contributed by atoms with Gasteiger partial charge in [-0.2, -0.15) is 0 Å². The molecule has 9 nitrogen and oxygen atoms in total. The van der Waals surface area contributed by atoms with Crippen LogP contribution in [0.1, 0.15) is 25.3 Å². The van der Waals surface area contributed by atoms with Gasteiger partial charge in [-0.1, -0.05) is 0 Å². The Hall–Kier alpha value is -2.84. The summed E-state index contributed by atoms with van der Waals surface area (Å²) in [5.41, 5.74) is 0.922. The maximum atomic E-state index is 11.8. The molecule has 162 valence electrons. The van der Waals surface area contributed by atoms with Crippen molar-refractivity contribution in [2.45, 2.75) is 32.4 Å². The van der Waals surface area contributed by atoms with Crippen LogP contribution >= 0.6 is 0 Å². The molecule has 1 aliphatic rings.